The number of esters is 1. The van der Waals surface area contributed by atoms with Gasteiger partial charge in [-0.25, -0.2) is 0 Å². The van der Waals surface area contributed by atoms with E-state index in [1.54, 1.807) is 7.11 Å². The molecule has 214 valence electrons. The number of fused-ring (bicyclic) bond motifs is 7. The van der Waals surface area contributed by atoms with E-state index >= 15 is 0 Å². The zero-order valence-corrected chi connectivity index (χ0v) is 27.0. The van der Waals surface area contributed by atoms with Crippen molar-refractivity contribution >= 4 is 20.1 Å². The lowest BCUT2D eigenvalue weighted by Gasteiger charge is -2.70. The van der Waals surface area contributed by atoms with Crippen LogP contribution in [0.2, 0.25) is 19.6 Å². The number of ether oxygens (including phenoxy) is 1. The lowest BCUT2D eigenvalue weighted by atomic mass is 9.34. The summed E-state index contributed by atoms with van der Waals surface area (Å²) in [5, 5.41) is 0. The Balaban J connectivity index is 1.56. The van der Waals surface area contributed by atoms with Crippen LogP contribution in [0.4, 0.5) is 0 Å². The van der Waals surface area contributed by atoms with Crippen molar-refractivity contribution in [3.05, 3.63) is 11.1 Å². The van der Waals surface area contributed by atoms with Gasteiger partial charge < -0.3 is 9.16 Å². The van der Waals surface area contributed by atoms with E-state index in [0.717, 1.165) is 50.5 Å². The highest BCUT2D eigenvalue weighted by Gasteiger charge is 2.71. The van der Waals surface area contributed by atoms with E-state index < -0.39 is 8.32 Å². The molecule has 5 aliphatic rings. The fraction of sp³-hybridized carbons (Fsp3) is 0.879. The minimum Gasteiger partial charge on any atom is -0.469 e. The van der Waals surface area contributed by atoms with E-state index in [1.807, 2.05) is 0 Å². The molecular formula is C33H54O4Si. The molecule has 0 saturated heterocycles. The van der Waals surface area contributed by atoms with Crippen LogP contribution in [0.25, 0.3) is 0 Å². The second-order valence-electron chi connectivity index (χ2n) is 16.0. The van der Waals surface area contributed by atoms with Crippen LogP contribution in [0.5, 0.6) is 0 Å². The number of rotatable bonds is 4. The van der Waals surface area contributed by atoms with Gasteiger partial charge in [-0.3, -0.25) is 9.59 Å². The van der Waals surface area contributed by atoms with Gasteiger partial charge >= 0.3 is 5.97 Å². The molecule has 0 aromatic heterocycles. The zero-order chi connectivity index (χ0) is 28.1. The summed E-state index contributed by atoms with van der Waals surface area (Å²) in [5.74, 6) is 3.01. The molecule has 5 aliphatic carbocycles. The summed E-state index contributed by atoms with van der Waals surface area (Å²) in [4.78, 5) is 26.9. The van der Waals surface area contributed by atoms with Crippen molar-refractivity contribution in [1.29, 1.82) is 0 Å². The first kappa shape index (κ1) is 28.6. The summed E-state index contributed by atoms with van der Waals surface area (Å²) in [6.07, 6.45) is 9.37. The summed E-state index contributed by atoms with van der Waals surface area (Å²) < 4.78 is 12.1. The van der Waals surface area contributed by atoms with E-state index in [4.69, 9.17) is 9.16 Å². The number of hydrogen-bond acceptors (Lipinski definition) is 4. The Morgan fingerprint density at radius 1 is 0.974 bits per heavy atom. The molecule has 0 bridgehead atoms. The average molecular weight is 543 g/mol. The van der Waals surface area contributed by atoms with E-state index in [1.165, 1.54) is 18.4 Å². The number of ketones is 1. The van der Waals surface area contributed by atoms with Crippen LogP contribution in [-0.4, -0.2) is 33.3 Å². The monoisotopic (exact) mass is 542 g/mol. The predicted molar refractivity (Wildman–Crippen MR) is 155 cm³/mol. The molecule has 9 atom stereocenters. The normalized spacial score (nSPS) is 46.8. The smallest absolute Gasteiger partial charge is 0.312 e. The van der Waals surface area contributed by atoms with Gasteiger partial charge in [-0.05, 0) is 136 Å². The SMILES string of the molecule is COC(=O)[C@]12CC[C@@H](C(C)C)[C@@H]1[C@H]1CC[C@@H]3[C@@]4(C)CC(O[Si](C)(C)C)C(=O)C(C)=C4CC[C@@]3(C)[C@]1(C)CC2. The Morgan fingerprint density at radius 2 is 1.66 bits per heavy atom. The Morgan fingerprint density at radius 3 is 2.26 bits per heavy atom. The van der Waals surface area contributed by atoms with Crippen molar-refractivity contribution < 1.29 is 18.8 Å². The second kappa shape index (κ2) is 9.03. The molecular weight excluding hydrogens is 488 g/mol. The van der Waals surface area contributed by atoms with Crippen molar-refractivity contribution in [2.24, 2.45) is 51.2 Å². The molecule has 4 saturated carbocycles. The van der Waals surface area contributed by atoms with E-state index in [-0.39, 0.29) is 39.5 Å². The average Bonchev–Trinajstić information content (AvgIpc) is 3.22. The van der Waals surface area contributed by atoms with E-state index in [2.05, 4.69) is 61.2 Å². The van der Waals surface area contributed by atoms with Gasteiger partial charge in [0.15, 0.2) is 14.1 Å². The third kappa shape index (κ3) is 3.76. The van der Waals surface area contributed by atoms with Gasteiger partial charge in [-0.2, -0.15) is 0 Å². The minimum atomic E-state index is -1.85. The molecule has 5 rings (SSSR count). The van der Waals surface area contributed by atoms with Crippen LogP contribution < -0.4 is 0 Å². The standard InChI is InChI=1S/C33H54O4Si/c1-20(2)22-13-16-33(29(35)36-7)18-17-31(5)24(27(22)33)11-12-26-30(4)19-25(37-38(8,9)10)28(34)21(3)23(30)14-15-32(26,31)6/h20,22,24-27H,11-19H2,1-10H3/t22-,24+,25?,26+,27+,30-,31+,32+,33-/m0/s1. The van der Waals surface area contributed by atoms with Gasteiger partial charge in [0.05, 0.1) is 12.5 Å². The van der Waals surface area contributed by atoms with Gasteiger partial charge in [-0.15, -0.1) is 0 Å². The lowest BCUT2D eigenvalue weighted by molar-refractivity contribution is -0.210. The molecule has 5 heteroatoms. The van der Waals surface area contributed by atoms with Crippen LogP contribution in [0.1, 0.15) is 99.3 Å². The largest absolute Gasteiger partial charge is 0.469 e. The first-order chi connectivity index (χ1) is 17.6. The summed E-state index contributed by atoms with van der Waals surface area (Å²) in [5.41, 5.74) is 2.53. The van der Waals surface area contributed by atoms with E-state index in [0.29, 0.717) is 29.6 Å². The van der Waals surface area contributed by atoms with Crippen molar-refractivity contribution in [1.82, 2.24) is 0 Å². The van der Waals surface area contributed by atoms with Crippen molar-refractivity contribution in [2.45, 2.75) is 125 Å². The number of Topliss-reactive ketones (excluding diaryl/α,β-unsaturated/α-hetero) is 1. The van der Waals surface area contributed by atoms with Gasteiger partial charge in [0.25, 0.3) is 0 Å². The Bertz CT molecular complexity index is 1040. The van der Waals surface area contributed by atoms with Crippen LogP contribution in [0.3, 0.4) is 0 Å². The predicted octanol–water partition coefficient (Wildman–Crippen LogP) is 7.97. The first-order valence-electron chi connectivity index (χ1n) is 15.6. The molecule has 0 heterocycles. The van der Waals surface area contributed by atoms with Crippen LogP contribution in [0.15, 0.2) is 11.1 Å². The highest BCUT2D eigenvalue weighted by Crippen LogP contribution is 2.76. The third-order valence-electron chi connectivity index (χ3n) is 13.2. The van der Waals surface area contributed by atoms with Crippen LogP contribution in [0, 0.1) is 51.2 Å². The molecule has 4 nitrogen and oxygen atoms in total. The highest BCUT2D eigenvalue weighted by molar-refractivity contribution is 6.70. The molecule has 0 aliphatic heterocycles. The van der Waals surface area contributed by atoms with Gasteiger partial charge in [-0.1, -0.05) is 40.2 Å². The maximum Gasteiger partial charge on any atom is 0.312 e. The number of methoxy groups -OCH3 is 1. The zero-order valence-electron chi connectivity index (χ0n) is 26.0. The fourth-order valence-electron chi connectivity index (χ4n) is 11.4. The highest BCUT2D eigenvalue weighted by atomic mass is 28.4. The Kier molecular flexibility index (Phi) is 6.79. The maximum atomic E-state index is 13.5. The summed E-state index contributed by atoms with van der Waals surface area (Å²) in [6, 6.07) is 0. The Hall–Kier alpha value is -0.943. The summed E-state index contributed by atoms with van der Waals surface area (Å²) in [6.45, 7) is 21.1. The van der Waals surface area contributed by atoms with Crippen molar-refractivity contribution in [3.63, 3.8) is 0 Å². The number of hydrogen-bond donors (Lipinski definition) is 0. The molecule has 4 fully saturated rings. The topological polar surface area (TPSA) is 52.6 Å². The van der Waals surface area contributed by atoms with E-state index in [9.17, 15) is 9.59 Å². The van der Waals surface area contributed by atoms with Crippen molar-refractivity contribution in [2.75, 3.05) is 7.11 Å². The van der Waals surface area contributed by atoms with Gasteiger partial charge in [0.1, 0.15) is 6.10 Å². The van der Waals surface area contributed by atoms with Crippen molar-refractivity contribution in [3.8, 4) is 0 Å². The Labute approximate surface area is 233 Å². The third-order valence-corrected chi connectivity index (χ3v) is 14.2. The number of allylic oxidation sites excluding steroid dienone is 1. The van der Waals surface area contributed by atoms with Crippen LogP contribution in [-0.2, 0) is 18.8 Å². The maximum absolute atomic E-state index is 13.5. The van der Waals surface area contributed by atoms with Gasteiger partial charge in [0.2, 0.25) is 0 Å². The fourth-order valence-corrected chi connectivity index (χ4v) is 12.5. The molecule has 1 unspecified atom stereocenters. The molecule has 38 heavy (non-hydrogen) atoms. The summed E-state index contributed by atoms with van der Waals surface area (Å²) in [7, 11) is -0.252. The molecule has 0 N–H and O–H groups in total. The molecule has 0 spiro atoms. The second-order valence-corrected chi connectivity index (χ2v) is 20.5. The lowest BCUT2D eigenvalue weighted by Crippen LogP contribution is -2.65. The minimum absolute atomic E-state index is 0.00724. The quantitative estimate of drug-likeness (QED) is 0.267. The molecule has 0 radical (unpaired) electrons. The summed E-state index contributed by atoms with van der Waals surface area (Å²) >= 11 is 0. The van der Waals surface area contributed by atoms with Crippen LogP contribution >= 0.6 is 0 Å². The first-order valence-corrected chi connectivity index (χ1v) is 19.0. The number of carbonyl (C=O) groups is 2. The van der Waals surface area contributed by atoms with Gasteiger partial charge in [0, 0.05) is 0 Å². The number of carbonyl (C=O) groups excluding carboxylic acids is 2. The molecule has 0 aromatic rings. The molecule has 0 aromatic carbocycles. The molecule has 0 amide bonds.